The van der Waals surface area contributed by atoms with Gasteiger partial charge < -0.3 is 10.1 Å². The average molecular weight is 417 g/mol. The fourth-order valence-corrected chi connectivity index (χ4v) is 2.58. The predicted octanol–water partition coefficient (Wildman–Crippen LogP) is 5.40. The maximum Gasteiger partial charge on any atom is 0.340 e. The largest absolute Gasteiger partial charge is 0.462 e. The van der Waals surface area contributed by atoms with Gasteiger partial charge in [0.15, 0.2) is 0 Å². The van der Waals surface area contributed by atoms with E-state index in [2.05, 4.69) is 21.2 Å². The Hall–Kier alpha value is -1.92. The van der Waals surface area contributed by atoms with Crippen LogP contribution in [0.1, 0.15) is 12.5 Å². The van der Waals surface area contributed by atoms with Crippen LogP contribution >= 0.6 is 27.5 Å². The van der Waals surface area contributed by atoms with E-state index in [1.807, 2.05) is 0 Å². The van der Waals surface area contributed by atoms with Crippen molar-refractivity contribution in [1.82, 2.24) is 0 Å². The number of nitrogens with one attached hydrogen (secondary N) is 1. The van der Waals surface area contributed by atoms with Gasteiger partial charge in [0, 0.05) is 17.5 Å². The number of hydrogen-bond acceptors (Lipinski definition) is 3. The highest BCUT2D eigenvalue weighted by Gasteiger charge is 2.20. The summed E-state index contributed by atoms with van der Waals surface area (Å²) in [4.78, 5) is 12.2. The molecule has 0 fully saturated rings. The summed E-state index contributed by atoms with van der Waals surface area (Å²) in [5.41, 5.74) is 0.365. The molecule has 0 saturated carbocycles. The Morgan fingerprint density at radius 3 is 2.67 bits per heavy atom. The van der Waals surface area contributed by atoms with Crippen molar-refractivity contribution in [1.29, 1.82) is 0 Å². The lowest BCUT2D eigenvalue weighted by molar-refractivity contribution is -0.136. The van der Waals surface area contributed by atoms with E-state index in [4.69, 9.17) is 16.3 Å². The van der Waals surface area contributed by atoms with Gasteiger partial charge in [0.25, 0.3) is 0 Å². The summed E-state index contributed by atoms with van der Waals surface area (Å²) in [5.74, 6) is -1.80. The third kappa shape index (κ3) is 4.33. The first kappa shape index (κ1) is 18.4. The molecule has 7 heteroatoms. The van der Waals surface area contributed by atoms with E-state index in [9.17, 15) is 13.6 Å². The molecule has 0 aliphatic carbocycles. The molecule has 2 aromatic carbocycles. The summed E-state index contributed by atoms with van der Waals surface area (Å²) in [7, 11) is 0. The number of rotatable bonds is 5. The normalized spacial score (nSPS) is 11.3. The lowest BCUT2D eigenvalue weighted by Crippen LogP contribution is -2.10. The molecule has 0 amide bonds. The van der Waals surface area contributed by atoms with Gasteiger partial charge in [-0.05, 0) is 53.2 Å². The molecule has 0 aromatic heterocycles. The van der Waals surface area contributed by atoms with Gasteiger partial charge in [-0.3, -0.25) is 0 Å². The number of carbonyl (C=O) groups excluding carboxylic acids is 1. The maximum atomic E-state index is 14.1. The number of ether oxygens (including phenoxy) is 1. The SMILES string of the molecule is CCOC(=O)/C(=C/Nc1ccc(F)c(Br)c1)c1c(F)cccc1Cl. The van der Waals surface area contributed by atoms with Crippen molar-refractivity contribution in [3.05, 3.63) is 69.3 Å². The van der Waals surface area contributed by atoms with Crippen LogP contribution in [0, 0.1) is 11.6 Å². The Morgan fingerprint density at radius 2 is 2.04 bits per heavy atom. The van der Waals surface area contributed by atoms with Crippen LogP contribution in [-0.4, -0.2) is 12.6 Å². The van der Waals surface area contributed by atoms with Gasteiger partial charge in [-0.25, -0.2) is 13.6 Å². The number of anilines is 1. The van der Waals surface area contributed by atoms with Crippen molar-refractivity contribution in [2.45, 2.75) is 6.92 Å². The van der Waals surface area contributed by atoms with Gasteiger partial charge in [-0.15, -0.1) is 0 Å². The van der Waals surface area contributed by atoms with Crippen molar-refractivity contribution >= 4 is 44.8 Å². The zero-order valence-corrected chi connectivity index (χ0v) is 14.9. The van der Waals surface area contributed by atoms with Crippen molar-refractivity contribution in [2.75, 3.05) is 11.9 Å². The van der Waals surface area contributed by atoms with Crippen LogP contribution in [0.25, 0.3) is 5.57 Å². The Labute approximate surface area is 151 Å². The molecular weight excluding hydrogens is 404 g/mol. The summed E-state index contributed by atoms with van der Waals surface area (Å²) in [6.07, 6.45) is 1.28. The predicted molar refractivity (Wildman–Crippen MR) is 93.7 cm³/mol. The molecule has 1 N–H and O–H groups in total. The minimum Gasteiger partial charge on any atom is -0.462 e. The van der Waals surface area contributed by atoms with Crippen LogP contribution in [-0.2, 0) is 9.53 Å². The third-order valence-electron chi connectivity index (χ3n) is 3.03. The summed E-state index contributed by atoms with van der Waals surface area (Å²) in [6, 6.07) is 8.32. The Morgan fingerprint density at radius 1 is 1.29 bits per heavy atom. The van der Waals surface area contributed by atoms with E-state index >= 15 is 0 Å². The Bertz CT molecular complexity index is 776. The summed E-state index contributed by atoms with van der Waals surface area (Å²) in [6.45, 7) is 1.77. The van der Waals surface area contributed by atoms with E-state index < -0.39 is 17.6 Å². The molecular formula is C17H13BrClF2NO2. The van der Waals surface area contributed by atoms with Crippen LogP contribution in [0.4, 0.5) is 14.5 Å². The lowest BCUT2D eigenvalue weighted by Gasteiger charge is -2.11. The lowest BCUT2D eigenvalue weighted by atomic mass is 10.1. The fraction of sp³-hybridized carbons (Fsp3) is 0.118. The molecule has 0 spiro atoms. The number of carbonyl (C=O) groups is 1. The van der Waals surface area contributed by atoms with Crippen molar-refractivity contribution < 1.29 is 18.3 Å². The van der Waals surface area contributed by atoms with Crippen molar-refractivity contribution in [2.24, 2.45) is 0 Å². The molecule has 0 atom stereocenters. The van der Waals surface area contributed by atoms with Crippen molar-refractivity contribution in [3.63, 3.8) is 0 Å². The van der Waals surface area contributed by atoms with Crippen LogP contribution in [0.2, 0.25) is 5.02 Å². The van der Waals surface area contributed by atoms with Gasteiger partial charge in [0.1, 0.15) is 11.6 Å². The standard InChI is InChI=1S/C17H13BrClF2NO2/c1-2-24-17(23)11(16-13(19)4-3-5-15(16)21)9-22-10-6-7-14(20)12(18)8-10/h3-9,22H,2H2,1H3/b11-9+. The van der Waals surface area contributed by atoms with E-state index in [0.29, 0.717) is 5.69 Å². The molecule has 2 aromatic rings. The van der Waals surface area contributed by atoms with Gasteiger partial charge in [-0.2, -0.15) is 0 Å². The molecule has 2 rings (SSSR count). The zero-order valence-electron chi connectivity index (χ0n) is 12.6. The summed E-state index contributed by atoms with van der Waals surface area (Å²) >= 11 is 9.09. The molecule has 0 aliphatic heterocycles. The molecule has 0 radical (unpaired) electrons. The van der Waals surface area contributed by atoms with Gasteiger partial charge in [0.05, 0.1) is 21.7 Å². The number of hydrogen-bond donors (Lipinski definition) is 1. The van der Waals surface area contributed by atoms with E-state index in [-0.39, 0.29) is 27.2 Å². The molecule has 0 bridgehead atoms. The van der Waals surface area contributed by atoms with Crippen LogP contribution in [0.15, 0.2) is 47.1 Å². The second kappa shape index (κ2) is 8.26. The molecule has 0 aliphatic rings. The number of benzene rings is 2. The van der Waals surface area contributed by atoms with Crippen LogP contribution < -0.4 is 5.32 Å². The van der Waals surface area contributed by atoms with Crippen molar-refractivity contribution in [3.8, 4) is 0 Å². The Kier molecular flexibility index (Phi) is 6.34. The second-order valence-corrected chi connectivity index (χ2v) is 5.91. The van der Waals surface area contributed by atoms with E-state index in [1.165, 1.54) is 42.6 Å². The minimum absolute atomic E-state index is 0.0636. The first-order chi connectivity index (χ1) is 11.4. The molecule has 0 unspecified atom stereocenters. The van der Waals surface area contributed by atoms with E-state index in [0.717, 1.165) is 0 Å². The molecule has 126 valence electrons. The fourth-order valence-electron chi connectivity index (χ4n) is 1.94. The zero-order chi connectivity index (χ0) is 17.7. The summed E-state index contributed by atoms with van der Waals surface area (Å²) in [5, 5.41) is 2.90. The monoisotopic (exact) mass is 415 g/mol. The molecule has 0 saturated heterocycles. The molecule has 24 heavy (non-hydrogen) atoms. The first-order valence-electron chi connectivity index (χ1n) is 6.97. The highest BCUT2D eigenvalue weighted by atomic mass is 79.9. The number of halogens is 4. The van der Waals surface area contributed by atoms with E-state index in [1.54, 1.807) is 6.92 Å². The summed E-state index contributed by atoms with van der Waals surface area (Å²) < 4.78 is 32.6. The van der Waals surface area contributed by atoms with Crippen LogP contribution in [0.3, 0.4) is 0 Å². The second-order valence-electron chi connectivity index (χ2n) is 4.65. The topological polar surface area (TPSA) is 38.3 Å². The first-order valence-corrected chi connectivity index (χ1v) is 8.14. The van der Waals surface area contributed by atoms with Gasteiger partial charge >= 0.3 is 5.97 Å². The Balaban J connectivity index is 2.42. The molecule has 3 nitrogen and oxygen atoms in total. The average Bonchev–Trinajstić information content (AvgIpc) is 2.53. The highest BCUT2D eigenvalue weighted by Crippen LogP contribution is 2.28. The maximum absolute atomic E-state index is 14.1. The van der Waals surface area contributed by atoms with Crippen LogP contribution in [0.5, 0.6) is 0 Å². The van der Waals surface area contributed by atoms with Gasteiger partial charge in [0.2, 0.25) is 0 Å². The minimum atomic E-state index is -0.724. The van der Waals surface area contributed by atoms with Gasteiger partial charge in [-0.1, -0.05) is 17.7 Å². The third-order valence-corrected chi connectivity index (χ3v) is 3.95. The molecule has 0 heterocycles. The number of esters is 1. The smallest absolute Gasteiger partial charge is 0.340 e. The highest BCUT2D eigenvalue weighted by molar-refractivity contribution is 9.10. The quantitative estimate of drug-likeness (QED) is 0.524.